The van der Waals surface area contributed by atoms with Gasteiger partial charge in [-0.25, -0.2) is 0 Å². The molecule has 1 aliphatic rings. The van der Waals surface area contributed by atoms with Gasteiger partial charge in [0, 0.05) is 19.0 Å². The van der Waals surface area contributed by atoms with Gasteiger partial charge in [-0.15, -0.1) is 0 Å². The average Bonchev–Trinajstić information content (AvgIpc) is 3.30. The average molecular weight is 450 g/mol. The number of nitrogens with one attached hydrogen (secondary N) is 2. The van der Waals surface area contributed by atoms with E-state index in [4.69, 9.17) is 28.2 Å². The lowest BCUT2D eigenvalue weighted by Crippen LogP contribution is -2.42. The van der Waals surface area contributed by atoms with Crippen molar-refractivity contribution in [2.75, 3.05) is 6.54 Å². The van der Waals surface area contributed by atoms with Crippen LogP contribution in [-0.4, -0.2) is 33.5 Å². The van der Waals surface area contributed by atoms with Crippen molar-refractivity contribution >= 4 is 63.7 Å². The number of benzene rings is 1. The summed E-state index contributed by atoms with van der Waals surface area (Å²) in [6.45, 7) is 0.298. The molecule has 3 amide bonds. The molecule has 1 aromatic carbocycles. The predicted molar refractivity (Wildman–Crippen MR) is 115 cm³/mol. The molecule has 1 aromatic heterocycles. The van der Waals surface area contributed by atoms with Crippen molar-refractivity contribution < 1.29 is 18.8 Å². The van der Waals surface area contributed by atoms with Crippen LogP contribution in [0.25, 0.3) is 6.08 Å². The van der Waals surface area contributed by atoms with Gasteiger partial charge < -0.3 is 4.42 Å². The number of hydrogen-bond acceptors (Lipinski definition) is 6. The minimum atomic E-state index is -0.510. The molecule has 2 heterocycles. The van der Waals surface area contributed by atoms with E-state index in [0.717, 1.165) is 0 Å². The molecule has 0 radical (unpaired) electrons. The van der Waals surface area contributed by atoms with Crippen molar-refractivity contribution in [3.63, 3.8) is 0 Å². The lowest BCUT2D eigenvalue weighted by atomic mass is 10.2. The van der Waals surface area contributed by atoms with Crippen molar-refractivity contribution in [2.24, 2.45) is 0 Å². The number of furan rings is 1. The topological polar surface area (TPSA) is 91.7 Å². The van der Waals surface area contributed by atoms with E-state index in [-0.39, 0.29) is 28.8 Å². The molecule has 7 nitrogen and oxygen atoms in total. The van der Waals surface area contributed by atoms with Gasteiger partial charge in [-0.2, -0.15) is 0 Å². The molecule has 1 aliphatic heterocycles. The van der Waals surface area contributed by atoms with Crippen molar-refractivity contribution in [1.82, 2.24) is 15.8 Å². The van der Waals surface area contributed by atoms with Gasteiger partial charge >= 0.3 is 0 Å². The van der Waals surface area contributed by atoms with E-state index in [1.807, 2.05) is 0 Å². The number of rotatable bonds is 6. The van der Waals surface area contributed by atoms with E-state index >= 15 is 0 Å². The highest BCUT2D eigenvalue weighted by molar-refractivity contribution is 8.26. The second kappa shape index (κ2) is 9.73. The van der Waals surface area contributed by atoms with Crippen molar-refractivity contribution in [1.29, 1.82) is 0 Å². The summed E-state index contributed by atoms with van der Waals surface area (Å²) in [4.78, 5) is 38.3. The van der Waals surface area contributed by atoms with Gasteiger partial charge in [-0.1, -0.05) is 47.7 Å². The fraction of sp³-hybridized carbons (Fsp3) is 0.158. The predicted octanol–water partition coefficient (Wildman–Crippen LogP) is 3.38. The zero-order chi connectivity index (χ0) is 20.8. The Morgan fingerprint density at radius 2 is 2.00 bits per heavy atom. The second-order valence-electron chi connectivity index (χ2n) is 5.93. The van der Waals surface area contributed by atoms with Gasteiger partial charge in [-0.05, 0) is 30.7 Å². The van der Waals surface area contributed by atoms with Gasteiger partial charge in [-0.3, -0.25) is 30.1 Å². The van der Waals surface area contributed by atoms with Gasteiger partial charge in [0.15, 0.2) is 0 Å². The summed E-state index contributed by atoms with van der Waals surface area (Å²) in [5.41, 5.74) is 4.91. The van der Waals surface area contributed by atoms with E-state index in [2.05, 4.69) is 10.9 Å². The summed E-state index contributed by atoms with van der Waals surface area (Å²) >= 11 is 12.4. The third kappa shape index (κ3) is 5.47. The fourth-order valence-electron chi connectivity index (χ4n) is 2.49. The Morgan fingerprint density at radius 3 is 2.72 bits per heavy atom. The summed E-state index contributed by atoms with van der Waals surface area (Å²) in [5.74, 6) is -0.547. The van der Waals surface area contributed by atoms with E-state index in [0.29, 0.717) is 28.0 Å². The number of carbonyl (C=O) groups is 3. The molecule has 0 atom stereocenters. The molecule has 150 valence electrons. The zero-order valence-corrected chi connectivity index (χ0v) is 17.4. The molecule has 0 aliphatic carbocycles. The number of halogens is 1. The lowest BCUT2D eigenvalue weighted by Gasteiger charge is -2.14. The van der Waals surface area contributed by atoms with Crippen LogP contribution in [0.4, 0.5) is 0 Å². The van der Waals surface area contributed by atoms with Crippen LogP contribution in [0.3, 0.4) is 0 Å². The van der Waals surface area contributed by atoms with E-state index < -0.39 is 5.91 Å². The SMILES string of the molecule is O=C(CCCN1C(=O)C(=Cc2ccco2)SC1=S)NNC(=O)c1ccccc1Cl. The van der Waals surface area contributed by atoms with Crippen molar-refractivity contribution in [3.8, 4) is 0 Å². The maximum Gasteiger partial charge on any atom is 0.271 e. The van der Waals surface area contributed by atoms with Crippen molar-refractivity contribution in [3.05, 3.63) is 63.9 Å². The third-order valence-corrected chi connectivity index (χ3v) is 5.62. The monoisotopic (exact) mass is 449 g/mol. The highest BCUT2D eigenvalue weighted by Crippen LogP contribution is 2.32. The zero-order valence-electron chi connectivity index (χ0n) is 15.0. The normalized spacial score (nSPS) is 15.1. The Bertz CT molecular complexity index is 976. The summed E-state index contributed by atoms with van der Waals surface area (Å²) in [7, 11) is 0. The van der Waals surface area contributed by atoms with Crippen molar-refractivity contribution in [2.45, 2.75) is 12.8 Å². The maximum absolute atomic E-state index is 12.5. The van der Waals surface area contributed by atoms with Gasteiger partial charge in [0.25, 0.3) is 11.8 Å². The molecule has 2 N–H and O–H groups in total. The molecule has 0 bridgehead atoms. The fourth-order valence-corrected chi connectivity index (χ4v) is 4.00. The van der Waals surface area contributed by atoms with E-state index in [1.165, 1.54) is 22.9 Å². The molecule has 1 fully saturated rings. The number of hydrazine groups is 1. The van der Waals surface area contributed by atoms with Gasteiger partial charge in [0.2, 0.25) is 5.91 Å². The highest BCUT2D eigenvalue weighted by atomic mass is 35.5. The number of amides is 3. The van der Waals surface area contributed by atoms with Crippen LogP contribution in [0.15, 0.2) is 52.0 Å². The summed E-state index contributed by atoms with van der Waals surface area (Å²) in [6, 6.07) is 9.99. The molecule has 29 heavy (non-hydrogen) atoms. The molecular formula is C19H16ClN3O4S2. The molecule has 2 aromatic rings. The van der Waals surface area contributed by atoms with Crippen LogP contribution >= 0.6 is 35.6 Å². The number of thioether (sulfide) groups is 1. The number of hydrogen-bond donors (Lipinski definition) is 2. The smallest absolute Gasteiger partial charge is 0.271 e. The Kier molecular flexibility index (Phi) is 7.08. The molecule has 0 unspecified atom stereocenters. The first-order valence-corrected chi connectivity index (χ1v) is 10.2. The molecule has 0 spiro atoms. The van der Waals surface area contributed by atoms with Crippen LogP contribution in [0, 0.1) is 0 Å². The molecule has 3 rings (SSSR count). The standard InChI is InChI=1S/C19H16ClN3O4S2/c20-14-7-2-1-6-13(14)17(25)22-21-16(24)8-3-9-23-18(26)15(29-19(23)28)11-12-5-4-10-27-12/h1-2,4-7,10-11H,3,8-9H2,(H,21,24)(H,22,25). The summed E-state index contributed by atoms with van der Waals surface area (Å²) in [5, 5.41) is 0.288. The number of thiocarbonyl (C=S) groups is 1. The summed E-state index contributed by atoms with van der Waals surface area (Å²) in [6.07, 6.45) is 3.65. The lowest BCUT2D eigenvalue weighted by molar-refractivity contribution is -0.124. The molecular weight excluding hydrogens is 434 g/mol. The third-order valence-electron chi connectivity index (χ3n) is 3.91. The van der Waals surface area contributed by atoms with Gasteiger partial charge in [0.05, 0.1) is 21.8 Å². The maximum atomic E-state index is 12.5. The van der Waals surface area contributed by atoms with Crippen LogP contribution in [0.1, 0.15) is 29.0 Å². The van der Waals surface area contributed by atoms with Crippen LogP contribution < -0.4 is 10.9 Å². The van der Waals surface area contributed by atoms with Crippen LogP contribution in [0.2, 0.25) is 5.02 Å². The van der Waals surface area contributed by atoms with Crippen LogP contribution in [0.5, 0.6) is 0 Å². The molecule has 10 heteroatoms. The minimum absolute atomic E-state index is 0.108. The Balaban J connectivity index is 1.44. The molecule has 1 saturated heterocycles. The van der Waals surface area contributed by atoms with Gasteiger partial charge in [0.1, 0.15) is 10.1 Å². The second-order valence-corrected chi connectivity index (χ2v) is 8.02. The highest BCUT2D eigenvalue weighted by Gasteiger charge is 2.31. The first-order valence-electron chi connectivity index (χ1n) is 8.58. The number of nitrogens with zero attached hydrogens (tertiary/aromatic N) is 1. The number of carbonyl (C=O) groups excluding carboxylic acids is 3. The quantitative estimate of drug-likeness (QED) is 0.399. The largest absolute Gasteiger partial charge is 0.465 e. The van der Waals surface area contributed by atoms with E-state index in [9.17, 15) is 14.4 Å². The first-order chi connectivity index (χ1) is 14.0. The van der Waals surface area contributed by atoms with Crippen LogP contribution in [-0.2, 0) is 9.59 Å². The Labute approximate surface area is 181 Å². The Morgan fingerprint density at radius 1 is 1.21 bits per heavy atom. The first kappa shape index (κ1) is 21.1. The summed E-state index contributed by atoms with van der Waals surface area (Å²) < 4.78 is 5.64. The minimum Gasteiger partial charge on any atom is -0.465 e. The Hall–Kier alpha value is -2.62. The molecule has 0 saturated carbocycles. The van der Waals surface area contributed by atoms with E-state index in [1.54, 1.807) is 42.5 Å².